The van der Waals surface area contributed by atoms with E-state index in [0.29, 0.717) is 11.5 Å². The van der Waals surface area contributed by atoms with Crippen LogP contribution in [0.5, 0.6) is 11.5 Å². The van der Waals surface area contributed by atoms with Crippen molar-refractivity contribution in [3.63, 3.8) is 0 Å². The Hall–Kier alpha value is -5.29. The summed E-state index contributed by atoms with van der Waals surface area (Å²) in [6, 6.07) is 45.6. The summed E-state index contributed by atoms with van der Waals surface area (Å²) < 4.78 is 13.7. The Morgan fingerprint density at radius 1 is 0.600 bits per heavy atom. The molecule has 5 aromatic carbocycles. The molecule has 0 N–H and O–H groups in total. The molecule has 240 valence electrons. The van der Waals surface area contributed by atoms with Crippen molar-refractivity contribution < 1.29 is 25.8 Å². The van der Waals surface area contributed by atoms with Crippen LogP contribution in [0.15, 0.2) is 122 Å². The van der Waals surface area contributed by atoms with Gasteiger partial charge in [0.25, 0.3) is 0 Å². The summed E-state index contributed by atoms with van der Waals surface area (Å²) in [6.07, 6.45) is 3.71. The van der Waals surface area contributed by atoms with Crippen LogP contribution in [-0.4, -0.2) is 19.1 Å². The monoisotopic (exact) mass is 841 g/mol. The molecule has 0 radical (unpaired) electrons. The summed E-state index contributed by atoms with van der Waals surface area (Å²) in [5, 5.41) is 7.09. The van der Waals surface area contributed by atoms with Gasteiger partial charge in [0.05, 0.1) is 11.0 Å². The standard InChI is InChI=1S/C43H26N4OS.Pt/c1-43(2)32-19-16-26(24-35(32)47-40-28(10-7-12-33(40)43)30-11-8-22-45-42(30)47)48-25-15-17-27-29-18-20-37-39(31-9-3-4-13-36(31)49-37)41(29)46(34(27)23-25)38-14-5-6-21-44-38;/h3-22H,1-2H3;/q-2;+2. The second-order valence-corrected chi connectivity index (χ2v) is 14.3. The fourth-order valence-corrected chi connectivity index (χ4v) is 9.18. The van der Waals surface area contributed by atoms with Crippen molar-refractivity contribution in [2.75, 3.05) is 0 Å². The van der Waals surface area contributed by atoms with E-state index in [1.54, 1.807) is 0 Å². The Morgan fingerprint density at radius 3 is 2.26 bits per heavy atom. The van der Waals surface area contributed by atoms with Crippen molar-refractivity contribution in [2.24, 2.45) is 0 Å². The van der Waals surface area contributed by atoms with E-state index in [2.05, 4.69) is 114 Å². The SMILES string of the molecule is CC1(C)c2ccc(Oc3[c-]c4c(cc3)c3ccc5sc6ccccc6c5c3n4-c3ccccn3)[c-]c2-n2c3ncccc3c3cccc1c32.[Pt+2]. The molecule has 0 spiro atoms. The Kier molecular flexibility index (Phi) is 6.28. The predicted molar refractivity (Wildman–Crippen MR) is 200 cm³/mol. The molecule has 0 aliphatic carbocycles. The molecule has 0 saturated heterocycles. The van der Waals surface area contributed by atoms with Gasteiger partial charge >= 0.3 is 21.1 Å². The van der Waals surface area contributed by atoms with Crippen LogP contribution in [0.3, 0.4) is 0 Å². The van der Waals surface area contributed by atoms with Crippen LogP contribution in [0.2, 0.25) is 0 Å². The Morgan fingerprint density at radius 2 is 1.36 bits per heavy atom. The third-order valence-corrected chi connectivity index (χ3v) is 11.4. The largest absolute Gasteiger partial charge is 2.00 e. The van der Waals surface area contributed by atoms with Gasteiger partial charge in [0.1, 0.15) is 11.5 Å². The van der Waals surface area contributed by atoms with Crippen LogP contribution >= 0.6 is 11.3 Å². The molecule has 0 bridgehead atoms. The van der Waals surface area contributed by atoms with Crippen molar-refractivity contribution in [1.82, 2.24) is 19.1 Å². The van der Waals surface area contributed by atoms with E-state index >= 15 is 0 Å². The molecule has 0 saturated carbocycles. The molecule has 6 heterocycles. The van der Waals surface area contributed by atoms with Crippen LogP contribution in [0, 0.1) is 12.1 Å². The predicted octanol–water partition coefficient (Wildman–Crippen LogP) is 11.1. The zero-order valence-corrected chi connectivity index (χ0v) is 30.1. The Balaban J connectivity index is 0.00000316. The van der Waals surface area contributed by atoms with Crippen LogP contribution < -0.4 is 4.74 Å². The third kappa shape index (κ3) is 3.92. The number of hydrogen-bond acceptors (Lipinski definition) is 4. The average Bonchev–Trinajstić information content (AvgIpc) is 3.79. The smallest absolute Gasteiger partial charge is 0.509 e. The maximum atomic E-state index is 6.65. The summed E-state index contributed by atoms with van der Waals surface area (Å²) in [5.74, 6) is 2.09. The topological polar surface area (TPSA) is 44.9 Å². The molecule has 0 atom stereocenters. The zero-order valence-electron chi connectivity index (χ0n) is 27.0. The van der Waals surface area contributed by atoms with Gasteiger partial charge in [-0.3, -0.25) is 0 Å². The molecule has 7 heteroatoms. The number of nitrogens with zero attached hydrogens (tertiary/aromatic N) is 4. The van der Waals surface area contributed by atoms with E-state index in [1.165, 1.54) is 42.2 Å². The molecular formula is C43H26N4OPtS. The van der Waals surface area contributed by atoms with Gasteiger partial charge in [0.15, 0.2) is 0 Å². The van der Waals surface area contributed by atoms with Gasteiger partial charge < -0.3 is 13.9 Å². The van der Waals surface area contributed by atoms with Gasteiger partial charge in [0.2, 0.25) is 0 Å². The first kappa shape index (κ1) is 29.6. The quantitative estimate of drug-likeness (QED) is 0.167. The second kappa shape index (κ2) is 10.6. The van der Waals surface area contributed by atoms with Crippen LogP contribution in [-0.2, 0) is 26.5 Å². The molecule has 50 heavy (non-hydrogen) atoms. The number of ether oxygens (including phenoxy) is 1. The van der Waals surface area contributed by atoms with Crippen molar-refractivity contribution in [2.45, 2.75) is 19.3 Å². The Bertz CT molecular complexity index is 3010. The number of aromatic nitrogens is 4. The van der Waals surface area contributed by atoms with E-state index in [4.69, 9.17) is 14.7 Å². The van der Waals surface area contributed by atoms with Gasteiger partial charge in [0, 0.05) is 54.8 Å². The van der Waals surface area contributed by atoms with E-state index in [0.717, 1.165) is 44.3 Å². The van der Waals surface area contributed by atoms with Gasteiger partial charge in [-0.2, -0.15) is 12.1 Å². The average molecular weight is 842 g/mol. The van der Waals surface area contributed by atoms with Gasteiger partial charge in [-0.25, -0.2) is 9.97 Å². The fraction of sp³-hybridized carbons (Fsp3) is 0.0698. The van der Waals surface area contributed by atoms with Crippen LogP contribution in [0.4, 0.5) is 0 Å². The van der Waals surface area contributed by atoms with E-state index < -0.39 is 0 Å². The summed E-state index contributed by atoms with van der Waals surface area (Å²) >= 11 is 1.82. The number of thiophene rings is 1. The molecule has 0 fully saturated rings. The van der Waals surface area contributed by atoms with Crippen molar-refractivity contribution >= 4 is 75.3 Å². The fourth-order valence-electron chi connectivity index (χ4n) is 8.07. The molecule has 5 aromatic heterocycles. The Labute approximate surface area is 305 Å². The van der Waals surface area contributed by atoms with E-state index in [-0.39, 0.29) is 26.5 Å². The molecule has 5 nitrogen and oxygen atoms in total. The maximum Gasteiger partial charge on any atom is 2.00 e. The van der Waals surface area contributed by atoms with E-state index in [1.807, 2.05) is 54.1 Å². The summed E-state index contributed by atoms with van der Waals surface area (Å²) in [4.78, 5) is 9.66. The zero-order chi connectivity index (χ0) is 32.4. The van der Waals surface area contributed by atoms with Crippen LogP contribution in [0.25, 0.3) is 75.4 Å². The second-order valence-electron chi connectivity index (χ2n) is 13.3. The molecule has 11 rings (SSSR count). The van der Waals surface area contributed by atoms with Crippen molar-refractivity contribution in [3.05, 3.63) is 145 Å². The summed E-state index contributed by atoms with van der Waals surface area (Å²) in [6.45, 7) is 4.57. The molecule has 0 amide bonds. The van der Waals surface area contributed by atoms with Crippen LogP contribution in [0.1, 0.15) is 25.0 Å². The van der Waals surface area contributed by atoms with Gasteiger partial charge in [-0.15, -0.1) is 46.6 Å². The molecule has 10 aromatic rings. The summed E-state index contributed by atoms with van der Waals surface area (Å²) in [7, 11) is 0. The minimum Gasteiger partial charge on any atom is -0.509 e. The molecule has 1 aliphatic rings. The number of pyridine rings is 2. The first-order valence-corrected chi connectivity index (χ1v) is 17.2. The minimum absolute atomic E-state index is 0. The number of benzene rings is 5. The maximum absolute atomic E-state index is 6.65. The normalized spacial score (nSPS) is 13.4. The van der Waals surface area contributed by atoms with Gasteiger partial charge in [-0.05, 0) is 52.8 Å². The third-order valence-electron chi connectivity index (χ3n) is 10.3. The van der Waals surface area contributed by atoms with Gasteiger partial charge in [-0.1, -0.05) is 73.6 Å². The first-order valence-electron chi connectivity index (χ1n) is 16.4. The van der Waals surface area contributed by atoms with E-state index in [9.17, 15) is 0 Å². The first-order chi connectivity index (χ1) is 24.1. The number of rotatable bonds is 3. The number of fused-ring (bicyclic) bond motifs is 12. The van der Waals surface area contributed by atoms with Crippen molar-refractivity contribution in [3.8, 4) is 23.0 Å². The summed E-state index contributed by atoms with van der Waals surface area (Å²) in [5.41, 5.74) is 7.38. The van der Waals surface area contributed by atoms with Crippen molar-refractivity contribution in [1.29, 1.82) is 0 Å². The minimum atomic E-state index is -0.222. The molecular weight excluding hydrogens is 816 g/mol. The number of hydrogen-bond donors (Lipinski definition) is 0. The molecule has 0 unspecified atom stereocenters. The number of para-hydroxylation sites is 1. The molecule has 1 aliphatic heterocycles.